The summed E-state index contributed by atoms with van der Waals surface area (Å²) >= 11 is 0. The second-order valence-corrected chi connectivity index (χ2v) is 16.7. The molecular formula is C36H56N4O7. The normalized spacial score (nSPS) is 27.5. The van der Waals surface area contributed by atoms with Crippen molar-refractivity contribution >= 4 is 17.8 Å². The van der Waals surface area contributed by atoms with Crippen LogP contribution in [0.3, 0.4) is 0 Å². The van der Waals surface area contributed by atoms with E-state index in [4.69, 9.17) is 9.47 Å². The molecule has 3 atom stereocenters. The highest BCUT2D eigenvalue weighted by Gasteiger charge is 2.53. The summed E-state index contributed by atoms with van der Waals surface area (Å²) in [6.45, 7) is 23.5. The molecule has 2 saturated heterocycles. The molecule has 0 aliphatic carbocycles. The number of nitrogens with zero attached hydrogens (tertiary/aromatic N) is 2. The zero-order valence-corrected chi connectivity index (χ0v) is 30.6. The Kier molecular flexibility index (Phi) is 9.96. The lowest BCUT2D eigenvalue weighted by Crippen LogP contribution is -2.53. The first-order chi connectivity index (χ1) is 21.5. The minimum Gasteiger partial charge on any atom is -0.477 e. The Morgan fingerprint density at radius 3 is 1.77 bits per heavy atom. The molecule has 4 rings (SSSR count). The van der Waals surface area contributed by atoms with E-state index in [-0.39, 0.29) is 36.5 Å². The molecular weight excluding hydrogens is 600 g/mol. The maximum Gasteiger partial charge on any atom is 0.311 e. The number of carbonyl (C=O) groups excluding carboxylic acids is 3. The van der Waals surface area contributed by atoms with Crippen LogP contribution in [0.15, 0.2) is 0 Å². The first kappa shape index (κ1) is 37.1. The van der Waals surface area contributed by atoms with Crippen LogP contribution in [-0.2, 0) is 31.2 Å². The van der Waals surface area contributed by atoms with E-state index in [2.05, 4.69) is 10.6 Å². The maximum atomic E-state index is 13.5. The summed E-state index contributed by atoms with van der Waals surface area (Å²) < 4.78 is 12.3. The molecule has 3 aliphatic heterocycles. The number of carbonyl (C=O) groups is 3. The molecule has 11 heteroatoms. The Hall–Kier alpha value is -2.73. The van der Waals surface area contributed by atoms with E-state index < -0.39 is 33.7 Å². The number of fused-ring (bicyclic) bond motifs is 1. The van der Waals surface area contributed by atoms with Gasteiger partial charge in [-0.15, -0.1) is 20.5 Å². The lowest BCUT2D eigenvalue weighted by atomic mass is 9.85. The van der Waals surface area contributed by atoms with Gasteiger partial charge in [-0.2, -0.15) is 0 Å². The number of ether oxygens (including phenoxy) is 2. The minimum atomic E-state index is -1.09. The van der Waals surface area contributed by atoms with Gasteiger partial charge in [0.25, 0.3) is 5.91 Å². The van der Waals surface area contributed by atoms with Gasteiger partial charge in [0.15, 0.2) is 5.60 Å². The monoisotopic (exact) mass is 656 g/mol. The molecule has 2 amide bonds. The van der Waals surface area contributed by atoms with Gasteiger partial charge in [-0.25, -0.2) is 0 Å². The van der Waals surface area contributed by atoms with Crippen LogP contribution in [0.2, 0.25) is 0 Å². The lowest BCUT2D eigenvalue weighted by Gasteiger charge is -2.38. The van der Waals surface area contributed by atoms with E-state index in [0.717, 1.165) is 32.4 Å². The molecule has 0 spiro atoms. The standard InChI is InChI=1S/C36H56N4O7/c1-21-22(2)30-26(15-16-36(12,47-30)31(43)38-20-25-18-33(6,7)40(45)35(25,10)11)23(3)29(21)46-28(42)14-13-27(41)37-19-24-17-32(4,5)39(44)34(24,8)9/h24-25H,13-20H2,1-12H3,(H,37,41)(H,38,43). The quantitative estimate of drug-likeness (QED) is 0.280. The number of hydrogen-bond acceptors (Lipinski definition) is 7. The van der Waals surface area contributed by atoms with E-state index in [1.165, 1.54) is 0 Å². The number of nitrogens with one attached hydrogen (secondary N) is 2. The fourth-order valence-corrected chi connectivity index (χ4v) is 8.06. The van der Waals surface area contributed by atoms with Gasteiger partial charge in [-0.1, -0.05) is 0 Å². The number of hydroxylamine groups is 4. The summed E-state index contributed by atoms with van der Waals surface area (Å²) in [5.41, 5.74) is -0.0511. The summed E-state index contributed by atoms with van der Waals surface area (Å²) in [6, 6.07) is 0. The van der Waals surface area contributed by atoms with Gasteiger partial charge in [0.2, 0.25) is 5.91 Å². The zero-order valence-electron chi connectivity index (χ0n) is 30.6. The molecule has 0 aromatic heterocycles. The van der Waals surface area contributed by atoms with Gasteiger partial charge in [0.1, 0.15) is 11.5 Å². The summed E-state index contributed by atoms with van der Waals surface area (Å²) in [5.74, 6) is 0.120. The van der Waals surface area contributed by atoms with Crippen LogP contribution >= 0.6 is 0 Å². The van der Waals surface area contributed by atoms with Crippen molar-refractivity contribution in [1.29, 1.82) is 0 Å². The molecule has 2 N–H and O–H groups in total. The Morgan fingerprint density at radius 1 is 0.766 bits per heavy atom. The first-order valence-electron chi connectivity index (χ1n) is 17.0. The minimum absolute atomic E-state index is 0.00134. The highest BCUT2D eigenvalue weighted by Crippen LogP contribution is 2.46. The van der Waals surface area contributed by atoms with Crippen molar-refractivity contribution in [2.75, 3.05) is 13.1 Å². The van der Waals surface area contributed by atoms with Crippen molar-refractivity contribution in [2.24, 2.45) is 11.8 Å². The lowest BCUT2D eigenvalue weighted by molar-refractivity contribution is -0.248. The van der Waals surface area contributed by atoms with Crippen molar-refractivity contribution in [3.8, 4) is 11.5 Å². The second kappa shape index (κ2) is 12.6. The third-order valence-electron chi connectivity index (χ3n) is 11.4. The largest absolute Gasteiger partial charge is 0.477 e. The molecule has 2 radical (unpaired) electrons. The fourth-order valence-electron chi connectivity index (χ4n) is 8.06. The van der Waals surface area contributed by atoms with Crippen LogP contribution in [0, 0.1) is 32.6 Å². The Morgan fingerprint density at radius 2 is 1.28 bits per heavy atom. The summed E-state index contributed by atoms with van der Waals surface area (Å²) in [6.07, 6.45) is 2.26. The van der Waals surface area contributed by atoms with Crippen molar-refractivity contribution in [3.05, 3.63) is 22.3 Å². The van der Waals surface area contributed by atoms with Gasteiger partial charge in [0.05, 0.1) is 6.42 Å². The van der Waals surface area contributed by atoms with Crippen molar-refractivity contribution in [2.45, 2.75) is 149 Å². The van der Waals surface area contributed by atoms with Crippen molar-refractivity contribution < 1.29 is 34.3 Å². The molecule has 11 nitrogen and oxygen atoms in total. The van der Waals surface area contributed by atoms with Crippen molar-refractivity contribution in [3.63, 3.8) is 0 Å². The smallest absolute Gasteiger partial charge is 0.311 e. The molecule has 0 bridgehead atoms. The highest BCUT2D eigenvalue weighted by molar-refractivity contribution is 5.86. The average Bonchev–Trinajstić information content (AvgIpc) is 3.25. The van der Waals surface area contributed by atoms with Crippen LogP contribution in [0.25, 0.3) is 0 Å². The third kappa shape index (κ3) is 6.91. The number of esters is 1. The highest BCUT2D eigenvalue weighted by atomic mass is 16.5. The molecule has 3 heterocycles. The van der Waals surface area contributed by atoms with Crippen LogP contribution in [0.1, 0.15) is 117 Å². The Bertz CT molecular complexity index is 1420. The van der Waals surface area contributed by atoms with Gasteiger partial charge < -0.3 is 20.1 Å². The molecule has 262 valence electrons. The average molecular weight is 657 g/mol. The molecule has 1 aromatic rings. The molecule has 47 heavy (non-hydrogen) atoms. The van der Waals surface area contributed by atoms with Crippen LogP contribution in [-0.4, -0.2) is 68.8 Å². The fraction of sp³-hybridized carbons (Fsp3) is 0.750. The third-order valence-corrected chi connectivity index (χ3v) is 11.4. The van der Waals surface area contributed by atoms with E-state index in [9.17, 15) is 24.8 Å². The number of amides is 2. The summed E-state index contributed by atoms with van der Waals surface area (Å²) in [5, 5.41) is 33.7. The van der Waals surface area contributed by atoms with Crippen molar-refractivity contribution in [1.82, 2.24) is 20.8 Å². The van der Waals surface area contributed by atoms with E-state index in [1.54, 1.807) is 6.92 Å². The zero-order chi connectivity index (χ0) is 35.5. The van der Waals surface area contributed by atoms with Crippen LogP contribution < -0.4 is 20.1 Å². The second-order valence-electron chi connectivity index (χ2n) is 16.7. The van der Waals surface area contributed by atoms with Gasteiger partial charge in [-0.3, -0.25) is 14.4 Å². The maximum absolute atomic E-state index is 13.5. The molecule has 0 saturated carbocycles. The van der Waals surface area contributed by atoms with E-state index in [1.807, 2.05) is 76.2 Å². The Balaban J connectivity index is 1.35. The number of benzene rings is 1. The van der Waals surface area contributed by atoms with Gasteiger partial charge >= 0.3 is 5.97 Å². The number of rotatable bonds is 9. The van der Waals surface area contributed by atoms with Crippen LogP contribution in [0.5, 0.6) is 11.5 Å². The summed E-state index contributed by atoms with van der Waals surface area (Å²) in [4.78, 5) is 39.1. The molecule has 1 aromatic carbocycles. The molecule has 2 fully saturated rings. The van der Waals surface area contributed by atoms with E-state index >= 15 is 0 Å². The van der Waals surface area contributed by atoms with Gasteiger partial charge in [0, 0.05) is 53.7 Å². The van der Waals surface area contributed by atoms with Gasteiger partial charge in [-0.05, 0) is 131 Å². The molecule has 3 unspecified atom stereocenters. The predicted molar refractivity (Wildman–Crippen MR) is 176 cm³/mol. The van der Waals surface area contributed by atoms with Crippen LogP contribution in [0.4, 0.5) is 0 Å². The first-order valence-corrected chi connectivity index (χ1v) is 17.0. The molecule has 3 aliphatic rings. The summed E-state index contributed by atoms with van der Waals surface area (Å²) in [7, 11) is 0. The SMILES string of the molecule is Cc1c(C)c2c(c(C)c1OC(=O)CCC(=O)NCC1CC(C)(C)N([O])C1(C)C)CCC(C)(C(=O)NCC1CC(C)(C)N([O])C1(C)C)O2. The number of hydrogen-bond donors (Lipinski definition) is 2. The Labute approximate surface area is 280 Å². The topological polar surface area (TPSA) is 140 Å². The van der Waals surface area contributed by atoms with E-state index in [0.29, 0.717) is 50.3 Å². The predicted octanol–water partition coefficient (Wildman–Crippen LogP) is 5.06.